The van der Waals surface area contributed by atoms with E-state index in [1.165, 1.54) is 11.1 Å². The Morgan fingerprint density at radius 2 is 1.83 bits per heavy atom. The van der Waals surface area contributed by atoms with E-state index in [4.69, 9.17) is 10.7 Å². The number of carbonyl (C=O) groups excluding carboxylic acids is 1. The van der Waals surface area contributed by atoms with Crippen molar-refractivity contribution in [3.8, 4) is 0 Å². The lowest BCUT2D eigenvalue weighted by Gasteiger charge is -2.27. The number of nitrogens with zero attached hydrogens (tertiary/aromatic N) is 2. The molecule has 0 bridgehead atoms. The zero-order valence-corrected chi connectivity index (χ0v) is 21.6. The van der Waals surface area contributed by atoms with Crippen molar-refractivity contribution in [2.24, 2.45) is 5.73 Å². The molecule has 5 nitrogen and oxygen atoms in total. The molecule has 6 heteroatoms. The number of pyridine rings is 1. The number of benzene rings is 2. The molecule has 1 aliphatic carbocycles. The van der Waals surface area contributed by atoms with E-state index in [2.05, 4.69) is 77.6 Å². The molecule has 3 N–H and O–H groups in total. The molecule has 1 atom stereocenters. The van der Waals surface area contributed by atoms with Crippen LogP contribution in [-0.4, -0.2) is 27.5 Å². The molecular formula is C30H35ClN4O. The number of halogens is 1. The number of aryl methyl sites for hydroxylation is 1. The fourth-order valence-corrected chi connectivity index (χ4v) is 5.36. The smallest absolute Gasteiger partial charge is 0.221 e. The summed E-state index contributed by atoms with van der Waals surface area (Å²) in [5, 5.41) is 4.40. The minimum absolute atomic E-state index is 0. The highest BCUT2D eigenvalue weighted by Gasteiger charge is 2.26. The van der Waals surface area contributed by atoms with Gasteiger partial charge in [-0.15, -0.1) is 12.4 Å². The second-order valence-electron chi connectivity index (χ2n) is 9.92. The molecule has 1 amide bonds. The van der Waals surface area contributed by atoms with Crippen molar-refractivity contribution in [3.63, 3.8) is 0 Å². The van der Waals surface area contributed by atoms with Crippen LogP contribution in [0.15, 0.2) is 79.1 Å². The number of nitrogens with two attached hydrogens (primary N) is 1. The molecule has 36 heavy (non-hydrogen) atoms. The van der Waals surface area contributed by atoms with Crippen molar-refractivity contribution < 1.29 is 4.79 Å². The Morgan fingerprint density at radius 1 is 1.06 bits per heavy atom. The molecule has 1 unspecified atom stereocenters. The first-order valence-electron chi connectivity index (χ1n) is 12.7. The Kier molecular flexibility index (Phi) is 8.44. The monoisotopic (exact) mass is 502 g/mol. The van der Waals surface area contributed by atoms with Crippen LogP contribution in [0, 0.1) is 6.92 Å². The van der Waals surface area contributed by atoms with Crippen LogP contribution in [-0.2, 0) is 11.3 Å². The Hall–Kier alpha value is -3.15. The highest BCUT2D eigenvalue weighted by molar-refractivity contribution is 5.85. The van der Waals surface area contributed by atoms with Gasteiger partial charge in [0, 0.05) is 48.7 Å². The average molecular weight is 503 g/mol. The van der Waals surface area contributed by atoms with Crippen LogP contribution < -0.4 is 11.1 Å². The zero-order valence-electron chi connectivity index (χ0n) is 20.8. The number of rotatable bonds is 7. The summed E-state index contributed by atoms with van der Waals surface area (Å²) in [6.45, 7) is 2.84. The summed E-state index contributed by atoms with van der Waals surface area (Å²) in [4.78, 5) is 18.0. The predicted molar refractivity (Wildman–Crippen MR) is 149 cm³/mol. The first-order chi connectivity index (χ1) is 17.1. The van der Waals surface area contributed by atoms with E-state index in [1.54, 1.807) is 0 Å². The molecule has 188 valence electrons. The van der Waals surface area contributed by atoms with Gasteiger partial charge in [-0.3, -0.25) is 4.79 Å². The third-order valence-corrected chi connectivity index (χ3v) is 7.21. The van der Waals surface area contributed by atoms with Crippen LogP contribution in [0.5, 0.6) is 0 Å². The van der Waals surface area contributed by atoms with Crippen molar-refractivity contribution in [2.45, 2.75) is 63.6 Å². The molecule has 1 fully saturated rings. The first-order valence-corrected chi connectivity index (χ1v) is 12.7. The maximum Gasteiger partial charge on any atom is 0.221 e. The van der Waals surface area contributed by atoms with Crippen molar-refractivity contribution in [2.75, 3.05) is 0 Å². The number of hydrogen-bond acceptors (Lipinski definition) is 3. The normalized spacial score (nSPS) is 18.4. The van der Waals surface area contributed by atoms with Gasteiger partial charge in [0.1, 0.15) is 5.65 Å². The molecule has 0 spiro atoms. The summed E-state index contributed by atoms with van der Waals surface area (Å²) >= 11 is 0. The van der Waals surface area contributed by atoms with Crippen LogP contribution in [0.3, 0.4) is 0 Å². The van der Waals surface area contributed by atoms with Crippen LogP contribution in [0.2, 0.25) is 0 Å². The molecular weight excluding hydrogens is 468 g/mol. The topological polar surface area (TPSA) is 72.9 Å². The lowest BCUT2D eigenvalue weighted by Crippen LogP contribution is -2.40. The Morgan fingerprint density at radius 3 is 2.58 bits per heavy atom. The van der Waals surface area contributed by atoms with Gasteiger partial charge in [-0.25, -0.2) is 4.98 Å². The van der Waals surface area contributed by atoms with E-state index in [0.717, 1.165) is 54.4 Å². The van der Waals surface area contributed by atoms with Crippen LogP contribution in [0.1, 0.15) is 60.3 Å². The van der Waals surface area contributed by atoms with Gasteiger partial charge in [0.25, 0.3) is 0 Å². The molecule has 0 aliphatic heterocycles. The second-order valence-corrected chi connectivity index (χ2v) is 9.92. The highest BCUT2D eigenvalue weighted by atomic mass is 35.5. The molecule has 1 aliphatic rings. The fourth-order valence-electron chi connectivity index (χ4n) is 5.36. The van der Waals surface area contributed by atoms with Gasteiger partial charge in [0.2, 0.25) is 5.91 Å². The maximum atomic E-state index is 13.3. The van der Waals surface area contributed by atoms with E-state index in [-0.39, 0.29) is 36.3 Å². The summed E-state index contributed by atoms with van der Waals surface area (Å²) < 4.78 is 2.21. The summed E-state index contributed by atoms with van der Waals surface area (Å²) in [6, 6.07) is 23.6. The van der Waals surface area contributed by atoms with Crippen molar-refractivity contribution in [1.29, 1.82) is 0 Å². The number of fused-ring (bicyclic) bond motifs is 1. The second kappa shape index (κ2) is 11.7. The SMILES string of the molecule is Cc1cccc(C(CC(=O)N[C@H]2CC[C@@H](N)CC2)c2cn(Cc3ccccc3)c3ncccc23)c1.Cl. The zero-order chi connectivity index (χ0) is 24.2. The van der Waals surface area contributed by atoms with Crippen molar-refractivity contribution in [3.05, 3.63) is 101 Å². The molecule has 2 aromatic carbocycles. The van der Waals surface area contributed by atoms with Gasteiger partial charge in [0.05, 0.1) is 0 Å². The Balaban J connectivity index is 0.00000304. The molecule has 4 aromatic rings. The van der Waals surface area contributed by atoms with Crippen molar-refractivity contribution in [1.82, 2.24) is 14.9 Å². The summed E-state index contributed by atoms with van der Waals surface area (Å²) in [5.41, 5.74) is 11.7. The van der Waals surface area contributed by atoms with Gasteiger partial charge in [0.15, 0.2) is 0 Å². The number of carbonyl (C=O) groups is 1. The third-order valence-electron chi connectivity index (χ3n) is 7.21. The number of hydrogen-bond donors (Lipinski definition) is 2. The van der Waals surface area contributed by atoms with Gasteiger partial charge in [-0.1, -0.05) is 60.2 Å². The Labute approximate surface area is 219 Å². The molecule has 2 aromatic heterocycles. The number of amides is 1. The standard InChI is InChI=1S/C30H34N4O.ClH/c1-21-7-5-10-23(17-21)27(18-29(35)33-25-14-12-24(31)13-15-25)28-20-34(19-22-8-3-2-4-9-22)30-26(28)11-6-16-32-30;/h2-11,16-17,20,24-25,27H,12-15,18-19,31H2,1H3,(H,33,35);1H/t24-,25+,27?;. The van der Waals surface area contributed by atoms with Gasteiger partial charge in [-0.05, 0) is 61.4 Å². The summed E-state index contributed by atoms with van der Waals surface area (Å²) in [5.74, 6) is 0.0503. The quantitative estimate of drug-likeness (QED) is 0.339. The average Bonchev–Trinajstić information content (AvgIpc) is 3.23. The minimum Gasteiger partial charge on any atom is -0.353 e. The summed E-state index contributed by atoms with van der Waals surface area (Å²) in [7, 11) is 0. The van der Waals surface area contributed by atoms with Crippen LogP contribution in [0.4, 0.5) is 0 Å². The van der Waals surface area contributed by atoms with E-state index in [0.29, 0.717) is 6.42 Å². The Bertz CT molecular complexity index is 1290. The van der Waals surface area contributed by atoms with E-state index in [9.17, 15) is 4.79 Å². The lowest BCUT2D eigenvalue weighted by molar-refractivity contribution is -0.122. The fraction of sp³-hybridized carbons (Fsp3) is 0.333. The van der Waals surface area contributed by atoms with E-state index >= 15 is 0 Å². The first kappa shape index (κ1) is 25.9. The number of aromatic nitrogens is 2. The van der Waals surface area contributed by atoms with Gasteiger partial charge >= 0.3 is 0 Å². The molecule has 5 rings (SSSR count). The van der Waals surface area contributed by atoms with E-state index < -0.39 is 0 Å². The van der Waals surface area contributed by atoms with Crippen molar-refractivity contribution >= 4 is 29.3 Å². The lowest BCUT2D eigenvalue weighted by atomic mass is 9.87. The molecule has 0 saturated heterocycles. The summed E-state index contributed by atoms with van der Waals surface area (Å²) in [6.07, 6.45) is 8.33. The van der Waals surface area contributed by atoms with Crippen LogP contribution in [0.25, 0.3) is 11.0 Å². The minimum atomic E-state index is -0.0514. The van der Waals surface area contributed by atoms with Gasteiger partial charge < -0.3 is 15.6 Å². The number of nitrogens with one attached hydrogen (secondary N) is 1. The third kappa shape index (κ3) is 5.97. The molecule has 0 radical (unpaired) electrons. The van der Waals surface area contributed by atoms with E-state index in [1.807, 2.05) is 18.3 Å². The van der Waals surface area contributed by atoms with Gasteiger partial charge in [-0.2, -0.15) is 0 Å². The largest absolute Gasteiger partial charge is 0.353 e. The predicted octanol–water partition coefficient (Wildman–Crippen LogP) is 5.72. The highest BCUT2D eigenvalue weighted by Crippen LogP contribution is 2.35. The maximum absolute atomic E-state index is 13.3. The van der Waals surface area contributed by atoms with Crippen LogP contribution >= 0.6 is 12.4 Å². The molecule has 2 heterocycles. The molecule has 1 saturated carbocycles.